The molecule has 7 heteroatoms. The van der Waals surface area contributed by atoms with Crippen molar-refractivity contribution in [1.29, 1.82) is 0 Å². The lowest BCUT2D eigenvalue weighted by Crippen LogP contribution is -2.27. The van der Waals surface area contributed by atoms with Crippen LogP contribution in [-0.4, -0.2) is 16.0 Å². The van der Waals surface area contributed by atoms with Crippen LogP contribution < -0.4 is 0 Å². The van der Waals surface area contributed by atoms with E-state index in [4.69, 9.17) is 27.6 Å². The molecule has 1 aliphatic heterocycles. The summed E-state index contributed by atoms with van der Waals surface area (Å²) in [6, 6.07) is 18.0. The zero-order valence-electron chi connectivity index (χ0n) is 14.4. The van der Waals surface area contributed by atoms with Gasteiger partial charge in [-0.25, -0.2) is 0 Å². The Morgan fingerprint density at radius 1 is 0.964 bits per heavy atom. The second-order valence-electron chi connectivity index (χ2n) is 6.07. The molecule has 4 nitrogen and oxygen atoms in total. The van der Waals surface area contributed by atoms with Gasteiger partial charge < -0.3 is 4.42 Å². The summed E-state index contributed by atoms with van der Waals surface area (Å²) in [4.78, 5) is 26.5. The Hall–Kier alpha value is -2.47. The first-order valence-electron chi connectivity index (χ1n) is 8.36. The van der Waals surface area contributed by atoms with Crippen molar-refractivity contribution in [2.45, 2.75) is 6.54 Å². The summed E-state index contributed by atoms with van der Waals surface area (Å²) in [6.45, 7) is 0.135. The van der Waals surface area contributed by atoms with Crippen LogP contribution >= 0.6 is 35.0 Å². The zero-order valence-corrected chi connectivity index (χ0v) is 16.7. The topological polar surface area (TPSA) is 50.5 Å². The van der Waals surface area contributed by atoms with E-state index in [2.05, 4.69) is 0 Å². The van der Waals surface area contributed by atoms with Gasteiger partial charge in [0.15, 0.2) is 0 Å². The minimum atomic E-state index is -0.362. The quantitative estimate of drug-likeness (QED) is 0.444. The summed E-state index contributed by atoms with van der Waals surface area (Å²) in [5.74, 6) is 0.783. The van der Waals surface area contributed by atoms with Crippen LogP contribution in [0.1, 0.15) is 11.3 Å². The lowest BCUT2D eigenvalue weighted by molar-refractivity contribution is -0.123. The number of hydrogen-bond acceptors (Lipinski definition) is 4. The maximum atomic E-state index is 12.7. The van der Waals surface area contributed by atoms with E-state index >= 15 is 0 Å². The highest BCUT2D eigenvalue weighted by atomic mass is 35.5. The molecule has 0 saturated carbocycles. The molecule has 0 unspecified atom stereocenters. The van der Waals surface area contributed by atoms with Crippen LogP contribution in [-0.2, 0) is 11.3 Å². The Morgan fingerprint density at radius 2 is 1.71 bits per heavy atom. The molecular formula is C21H13Cl2NO3S. The fourth-order valence-electron chi connectivity index (χ4n) is 2.76. The minimum Gasteiger partial charge on any atom is -0.457 e. The second kappa shape index (κ2) is 7.87. The second-order valence-corrected chi connectivity index (χ2v) is 7.91. The normalized spacial score (nSPS) is 15.6. The van der Waals surface area contributed by atoms with Crippen molar-refractivity contribution in [2.75, 3.05) is 0 Å². The number of carbonyl (C=O) groups excluding carboxylic acids is 2. The van der Waals surface area contributed by atoms with Gasteiger partial charge in [-0.3, -0.25) is 14.5 Å². The number of halogens is 2. The number of hydrogen-bond donors (Lipinski definition) is 0. The summed E-state index contributed by atoms with van der Waals surface area (Å²) in [5, 5.41) is 0.826. The van der Waals surface area contributed by atoms with Gasteiger partial charge in [0.1, 0.15) is 11.5 Å². The van der Waals surface area contributed by atoms with E-state index in [0.717, 1.165) is 22.9 Å². The van der Waals surface area contributed by atoms with Gasteiger partial charge in [0.25, 0.3) is 11.1 Å². The average molecular weight is 430 g/mol. The number of amides is 2. The summed E-state index contributed by atoms with van der Waals surface area (Å²) in [7, 11) is 0. The number of carbonyl (C=O) groups is 2. The first-order valence-corrected chi connectivity index (χ1v) is 9.93. The lowest BCUT2D eigenvalue weighted by atomic mass is 10.2. The molecule has 2 amide bonds. The molecule has 0 aliphatic carbocycles. The van der Waals surface area contributed by atoms with Crippen molar-refractivity contribution in [1.82, 2.24) is 4.90 Å². The van der Waals surface area contributed by atoms with E-state index in [1.807, 2.05) is 24.3 Å². The van der Waals surface area contributed by atoms with Crippen molar-refractivity contribution in [2.24, 2.45) is 0 Å². The van der Waals surface area contributed by atoms with E-state index in [9.17, 15) is 9.59 Å². The van der Waals surface area contributed by atoms with Crippen molar-refractivity contribution in [3.63, 3.8) is 0 Å². The molecule has 1 fully saturated rings. The summed E-state index contributed by atoms with van der Waals surface area (Å²) >= 11 is 12.9. The van der Waals surface area contributed by atoms with Gasteiger partial charge in [0.05, 0.1) is 11.4 Å². The predicted octanol–water partition coefficient (Wildman–Crippen LogP) is 6.49. The summed E-state index contributed by atoms with van der Waals surface area (Å²) < 4.78 is 5.79. The van der Waals surface area contributed by atoms with Gasteiger partial charge in [0, 0.05) is 21.7 Å². The molecule has 0 spiro atoms. The molecule has 0 bridgehead atoms. The number of furan rings is 1. The van der Waals surface area contributed by atoms with Gasteiger partial charge in [-0.1, -0.05) is 41.4 Å². The van der Waals surface area contributed by atoms with Crippen molar-refractivity contribution in [3.8, 4) is 11.3 Å². The molecule has 0 radical (unpaired) electrons. The Balaban J connectivity index is 1.54. The van der Waals surface area contributed by atoms with Crippen LogP contribution in [0.25, 0.3) is 17.4 Å². The smallest absolute Gasteiger partial charge is 0.293 e. The van der Waals surface area contributed by atoms with E-state index in [0.29, 0.717) is 26.5 Å². The van der Waals surface area contributed by atoms with E-state index in [1.165, 1.54) is 4.90 Å². The van der Waals surface area contributed by atoms with Crippen molar-refractivity contribution in [3.05, 3.63) is 86.9 Å². The molecule has 1 aliphatic rings. The molecule has 28 heavy (non-hydrogen) atoms. The van der Waals surface area contributed by atoms with Gasteiger partial charge in [-0.05, 0) is 59.8 Å². The van der Waals surface area contributed by atoms with Crippen LogP contribution in [0, 0.1) is 0 Å². The van der Waals surface area contributed by atoms with Crippen LogP contribution in [0.2, 0.25) is 10.0 Å². The monoisotopic (exact) mass is 429 g/mol. The van der Waals surface area contributed by atoms with E-state index in [1.54, 1.807) is 42.5 Å². The summed E-state index contributed by atoms with van der Waals surface area (Å²) in [5.41, 5.74) is 1.59. The number of benzene rings is 2. The molecule has 2 aromatic carbocycles. The molecule has 0 atom stereocenters. The van der Waals surface area contributed by atoms with Gasteiger partial charge >= 0.3 is 0 Å². The Bertz CT molecular complexity index is 1090. The highest BCUT2D eigenvalue weighted by molar-refractivity contribution is 8.18. The number of thioether (sulfide) groups is 1. The van der Waals surface area contributed by atoms with Crippen LogP contribution in [0.3, 0.4) is 0 Å². The van der Waals surface area contributed by atoms with E-state index in [-0.39, 0.29) is 17.7 Å². The fourth-order valence-corrected chi connectivity index (χ4v) is 3.90. The maximum Gasteiger partial charge on any atom is 0.293 e. The third-order valence-electron chi connectivity index (χ3n) is 4.19. The SMILES string of the molecule is O=C1S/C(=C\c2ccc(-c3ccc(Cl)cc3)o2)C(=O)N1Cc1ccccc1Cl. The van der Waals surface area contributed by atoms with Crippen molar-refractivity contribution < 1.29 is 14.0 Å². The molecule has 140 valence electrons. The maximum absolute atomic E-state index is 12.7. The zero-order chi connectivity index (χ0) is 19.7. The standard InChI is InChI=1S/C21H13Cl2NO3S/c22-15-7-5-13(6-8-15)18-10-9-16(27-18)11-19-20(25)24(21(26)28-19)12-14-3-1-2-4-17(14)23/h1-11H,12H2/b19-11-. The molecule has 1 aromatic heterocycles. The van der Waals surface area contributed by atoms with E-state index < -0.39 is 0 Å². The lowest BCUT2D eigenvalue weighted by Gasteiger charge is -2.13. The number of imide groups is 1. The predicted molar refractivity (Wildman–Crippen MR) is 112 cm³/mol. The number of rotatable bonds is 4. The molecule has 1 saturated heterocycles. The van der Waals surface area contributed by atoms with Crippen LogP contribution in [0.15, 0.2) is 70.0 Å². The van der Waals surface area contributed by atoms with Gasteiger partial charge in [0.2, 0.25) is 0 Å². The van der Waals surface area contributed by atoms with Gasteiger partial charge in [-0.15, -0.1) is 0 Å². The minimum absolute atomic E-state index is 0.135. The Labute approximate surface area is 175 Å². The summed E-state index contributed by atoms with van der Waals surface area (Å²) in [6.07, 6.45) is 1.58. The molecular weight excluding hydrogens is 417 g/mol. The Morgan fingerprint density at radius 3 is 2.46 bits per heavy atom. The average Bonchev–Trinajstić information content (AvgIpc) is 3.24. The van der Waals surface area contributed by atoms with Gasteiger partial charge in [-0.2, -0.15) is 0 Å². The highest BCUT2D eigenvalue weighted by Gasteiger charge is 2.35. The van der Waals surface area contributed by atoms with Crippen molar-refractivity contribution >= 4 is 52.2 Å². The molecule has 4 rings (SSSR count). The van der Waals surface area contributed by atoms with Crippen LogP contribution in [0.5, 0.6) is 0 Å². The molecule has 3 aromatic rings. The third kappa shape index (κ3) is 3.87. The van der Waals surface area contributed by atoms with Crippen LogP contribution in [0.4, 0.5) is 4.79 Å². The first-order chi connectivity index (χ1) is 13.5. The number of nitrogens with zero attached hydrogens (tertiary/aromatic N) is 1. The first kappa shape index (κ1) is 18.9. The fraction of sp³-hybridized carbons (Fsp3) is 0.0476. The molecule has 0 N–H and O–H groups in total. The third-order valence-corrected chi connectivity index (χ3v) is 5.72. The highest BCUT2D eigenvalue weighted by Crippen LogP contribution is 2.35. The largest absolute Gasteiger partial charge is 0.457 e. The molecule has 2 heterocycles. The Kier molecular flexibility index (Phi) is 5.31.